The first-order valence-corrected chi connectivity index (χ1v) is 9.17. The fourth-order valence-corrected chi connectivity index (χ4v) is 3.37. The van der Waals surface area contributed by atoms with Crippen LogP contribution in [0.5, 0.6) is 0 Å². The van der Waals surface area contributed by atoms with Crippen molar-refractivity contribution in [1.29, 1.82) is 0 Å². The number of piperazine rings is 1. The van der Waals surface area contributed by atoms with E-state index in [0.717, 1.165) is 0 Å². The number of carbonyl (C=O) groups excluding carboxylic acids is 2. The minimum atomic E-state index is -0.145. The molecule has 2 aromatic heterocycles. The third-order valence-corrected chi connectivity index (χ3v) is 4.99. The van der Waals surface area contributed by atoms with Crippen molar-refractivity contribution in [3.8, 4) is 0 Å². The highest BCUT2D eigenvalue weighted by Gasteiger charge is 2.25. The summed E-state index contributed by atoms with van der Waals surface area (Å²) in [5.41, 5.74) is 1.02. The normalized spacial score (nSPS) is 14.4. The summed E-state index contributed by atoms with van der Waals surface area (Å²) >= 11 is 0. The summed E-state index contributed by atoms with van der Waals surface area (Å²) in [5, 5.41) is 0.545. The van der Waals surface area contributed by atoms with Gasteiger partial charge in [0.2, 0.25) is 5.91 Å². The Kier molecular flexibility index (Phi) is 4.92. The van der Waals surface area contributed by atoms with Crippen LogP contribution in [0.3, 0.4) is 0 Å². The van der Waals surface area contributed by atoms with Crippen molar-refractivity contribution < 1.29 is 14.0 Å². The number of para-hydroxylation sites is 1. The molecule has 0 unspecified atom stereocenters. The Bertz CT molecular complexity index is 1050. The van der Waals surface area contributed by atoms with Gasteiger partial charge in [0.15, 0.2) is 0 Å². The molecule has 3 aromatic rings. The van der Waals surface area contributed by atoms with Crippen molar-refractivity contribution >= 4 is 22.7 Å². The molecule has 0 radical (unpaired) electrons. The minimum absolute atomic E-state index is 0.0320. The van der Waals surface area contributed by atoms with E-state index in [1.165, 1.54) is 23.4 Å². The molecule has 1 aliphatic heterocycles. The van der Waals surface area contributed by atoms with Crippen LogP contribution in [-0.2, 0) is 11.3 Å². The van der Waals surface area contributed by atoms with Crippen molar-refractivity contribution in [2.45, 2.75) is 13.0 Å². The molecule has 28 heavy (non-hydrogen) atoms. The molecule has 0 N–H and O–H groups in total. The number of nitrogens with zero attached hydrogens (tertiary/aromatic N) is 4. The summed E-state index contributed by atoms with van der Waals surface area (Å²) in [5.74, 6) is -0.120. The van der Waals surface area contributed by atoms with E-state index in [1.807, 2.05) is 6.07 Å². The van der Waals surface area contributed by atoms with Crippen LogP contribution in [0.25, 0.3) is 10.9 Å². The second-order valence-corrected chi connectivity index (χ2v) is 6.70. The number of aryl methyl sites for hydroxylation is 1. The van der Waals surface area contributed by atoms with Crippen molar-refractivity contribution in [3.63, 3.8) is 0 Å². The molecule has 0 saturated carbocycles. The van der Waals surface area contributed by atoms with E-state index in [-0.39, 0.29) is 30.3 Å². The van der Waals surface area contributed by atoms with Gasteiger partial charge in [0, 0.05) is 39.1 Å². The summed E-state index contributed by atoms with van der Waals surface area (Å²) in [4.78, 5) is 45.0. The number of benzene rings is 1. The zero-order valence-electron chi connectivity index (χ0n) is 15.3. The fraction of sp³-hybridized carbons (Fsp3) is 0.300. The lowest BCUT2D eigenvalue weighted by Crippen LogP contribution is -2.50. The largest absolute Gasteiger partial charge is 0.472 e. The molecule has 1 fully saturated rings. The van der Waals surface area contributed by atoms with Crippen LogP contribution in [0.2, 0.25) is 0 Å². The molecule has 1 saturated heterocycles. The molecule has 2 amide bonds. The molecule has 8 nitrogen and oxygen atoms in total. The molecule has 144 valence electrons. The maximum Gasteiger partial charge on any atom is 0.261 e. The van der Waals surface area contributed by atoms with Crippen LogP contribution in [0.4, 0.5) is 0 Å². The highest BCUT2D eigenvalue weighted by molar-refractivity contribution is 5.94. The third-order valence-electron chi connectivity index (χ3n) is 4.99. The smallest absolute Gasteiger partial charge is 0.261 e. The SMILES string of the molecule is O=C(CCn1cnc2ccccc2c1=O)N1CCN(C(=O)c2ccoc2)CC1. The monoisotopic (exact) mass is 380 g/mol. The van der Waals surface area contributed by atoms with Gasteiger partial charge in [0.1, 0.15) is 6.26 Å². The van der Waals surface area contributed by atoms with E-state index in [2.05, 4.69) is 4.98 Å². The molecule has 0 spiro atoms. The van der Waals surface area contributed by atoms with E-state index in [1.54, 1.807) is 34.1 Å². The van der Waals surface area contributed by atoms with Gasteiger partial charge in [-0.15, -0.1) is 0 Å². The summed E-state index contributed by atoms with van der Waals surface area (Å²) in [6, 6.07) is 8.79. The predicted octanol–water partition coefficient (Wildman–Crippen LogP) is 1.36. The number of furan rings is 1. The van der Waals surface area contributed by atoms with Crippen LogP contribution in [0.1, 0.15) is 16.8 Å². The molecule has 1 aliphatic rings. The lowest BCUT2D eigenvalue weighted by molar-refractivity contribution is -0.132. The quantitative estimate of drug-likeness (QED) is 0.682. The maximum absolute atomic E-state index is 12.5. The topological polar surface area (TPSA) is 88.7 Å². The molecule has 0 bridgehead atoms. The molecule has 8 heteroatoms. The Labute approximate surface area is 161 Å². The van der Waals surface area contributed by atoms with Crippen molar-refractivity contribution in [2.24, 2.45) is 0 Å². The Morgan fingerprint density at radius 2 is 1.79 bits per heavy atom. The summed E-state index contributed by atoms with van der Waals surface area (Å²) < 4.78 is 6.42. The van der Waals surface area contributed by atoms with E-state index < -0.39 is 0 Å². The fourth-order valence-electron chi connectivity index (χ4n) is 3.37. The highest BCUT2D eigenvalue weighted by Crippen LogP contribution is 2.11. The molecule has 0 atom stereocenters. The van der Waals surface area contributed by atoms with Crippen molar-refractivity contribution in [3.05, 3.63) is 65.1 Å². The highest BCUT2D eigenvalue weighted by atomic mass is 16.3. The summed E-state index contributed by atoms with van der Waals surface area (Å²) in [6.45, 7) is 2.20. The number of fused-ring (bicyclic) bond motifs is 1. The number of aromatic nitrogens is 2. The average molecular weight is 380 g/mol. The van der Waals surface area contributed by atoms with Crippen molar-refractivity contribution in [2.75, 3.05) is 26.2 Å². The van der Waals surface area contributed by atoms with Crippen LogP contribution in [0, 0.1) is 0 Å². The molecule has 4 rings (SSSR count). The third kappa shape index (κ3) is 3.53. The Morgan fingerprint density at radius 3 is 2.54 bits per heavy atom. The second-order valence-electron chi connectivity index (χ2n) is 6.70. The van der Waals surface area contributed by atoms with Gasteiger partial charge in [0.05, 0.1) is 29.1 Å². The Balaban J connectivity index is 1.33. The molecule has 1 aromatic carbocycles. The van der Waals surface area contributed by atoms with Crippen LogP contribution >= 0.6 is 0 Å². The van der Waals surface area contributed by atoms with Crippen LogP contribution in [0.15, 0.2) is 58.4 Å². The van der Waals surface area contributed by atoms with Crippen LogP contribution in [-0.4, -0.2) is 57.3 Å². The van der Waals surface area contributed by atoms with E-state index in [0.29, 0.717) is 42.6 Å². The van der Waals surface area contributed by atoms with Crippen molar-refractivity contribution in [1.82, 2.24) is 19.4 Å². The first-order chi connectivity index (χ1) is 13.6. The number of carbonyl (C=O) groups is 2. The number of hydrogen-bond donors (Lipinski definition) is 0. The van der Waals surface area contributed by atoms with Gasteiger partial charge < -0.3 is 14.2 Å². The van der Waals surface area contributed by atoms with Gasteiger partial charge in [-0.2, -0.15) is 0 Å². The zero-order chi connectivity index (χ0) is 19.5. The van der Waals surface area contributed by atoms with E-state index in [4.69, 9.17) is 4.42 Å². The first-order valence-electron chi connectivity index (χ1n) is 9.17. The second kappa shape index (κ2) is 7.67. The van der Waals surface area contributed by atoms with Gasteiger partial charge >= 0.3 is 0 Å². The maximum atomic E-state index is 12.5. The molecule has 3 heterocycles. The lowest BCUT2D eigenvalue weighted by atomic mass is 10.2. The average Bonchev–Trinajstić information content (AvgIpc) is 3.28. The Morgan fingerprint density at radius 1 is 1.04 bits per heavy atom. The Hall–Kier alpha value is -3.42. The van der Waals surface area contributed by atoms with Gasteiger partial charge in [-0.1, -0.05) is 12.1 Å². The van der Waals surface area contributed by atoms with Gasteiger partial charge in [0.25, 0.3) is 11.5 Å². The number of rotatable bonds is 4. The number of amides is 2. The molecular formula is C20H20N4O4. The van der Waals surface area contributed by atoms with Crippen LogP contribution < -0.4 is 5.56 Å². The van der Waals surface area contributed by atoms with Gasteiger partial charge in [-0.25, -0.2) is 4.98 Å². The number of hydrogen-bond acceptors (Lipinski definition) is 5. The standard InChI is InChI=1S/C20H20N4O4/c25-18(5-7-24-14-21-17-4-2-1-3-16(17)20(24)27)22-8-10-23(11-9-22)19(26)15-6-12-28-13-15/h1-4,6,12-14H,5,7-11H2. The predicted molar refractivity (Wildman–Crippen MR) is 102 cm³/mol. The molecular weight excluding hydrogens is 360 g/mol. The minimum Gasteiger partial charge on any atom is -0.472 e. The summed E-state index contributed by atoms with van der Waals surface area (Å²) in [6.07, 6.45) is 4.60. The zero-order valence-corrected chi connectivity index (χ0v) is 15.3. The molecule has 0 aliphatic carbocycles. The first kappa shape index (κ1) is 18.0. The van der Waals surface area contributed by atoms with E-state index in [9.17, 15) is 14.4 Å². The lowest BCUT2D eigenvalue weighted by Gasteiger charge is -2.34. The van der Waals surface area contributed by atoms with E-state index >= 15 is 0 Å². The van der Waals surface area contributed by atoms with Gasteiger partial charge in [-0.3, -0.25) is 19.0 Å². The van der Waals surface area contributed by atoms with Gasteiger partial charge in [-0.05, 0) is 18.2 Å². The summed E-state index contributed by atoms with van der Waals surface area (Å²) in [7, 11) is 0.